The Morgan fingerprint density at radius 3 is 2.60 bits per heavy atom. The van der Waals surface area contributed by atoms with Crippen LogP contribution < -0.4 is 5.69 Å². The number of carbonyl (C=O) groups is 1. The summed E-state index contributed by atoms with van der Waals surface area (Å²) in [5.74, 6) is -0.232. The van der Waals surface area contributed by atoms with Crippen LogP contribution in [0.4, 0.5) is 4.79 Å². The lowest BCUT2D eigenvalue weighted by atomic mass is 9.73. The van der Waals surface area contributed by atoms with Crippen molar-refractivity contribution < 1.29 is 15.0 Å². The van der Waals surface area contributed by atoms with Crippen molar-refractivity contribution in [1.82, 2.24) is 14.5 Å². The number of aliphatic hydroxyl groups is 1. The molecule has 1 amide bonds. The summed E-state index contributed by atoms with van der Waals surface area (Å²) < 4.78 is 1.55. The number of aryl methyl sites for hydroxylation is 1. The van der Waals surface area contributed by atoms with Crippen molar-refractivity contribution in [3.8, 4) is 0 Å². The molecule has 3 N–H and O–H groups in total. The first kappa shape index (κ1) is 17.5. The number of carboxylic acid groups (broad SMARTS) is 1. The van der Waals surface area contributed by atoms with Crippen LogP contribution in [0.3, 0.4) is 0 Å². The second-order valence-electron chi connectivity index (χ2n) is 7.91. The highest BCUT2D eigenvalue weighted by Crippen LogP contribution is 2.40. The zero-order chi connectivity index (χ0) is 18.5. The smallest absolute Gasteiger partial charge is 0.407 e. The topological polar surface area (TPSA) is 98.6 Å². The molecule has 0 aliphatic carbocycles. The molecule has 3 atom stereocenters. The first-order valence-corrected chi connectivity index (χ1v) is 8.48. The molecular formula is C18H25N3O4. The van der Waals surface area contributed by atoms with Crippen molar-refractivity contribution in [2.45, 2.75) is 45.3 Å². The van der Waals surface area contributed by atoms with E-state index in [-0.39, 0.29) is 11.6 Å². The molecule has 1 aliphatic heterocycles. The summed E-state index contributed by atoms with van der Waals surface area (Å²) in [7, 11) is 1.70. The van der Waals surface area contributed by atoms with Crippen molar-refractivity contribution in [3.05, 3.63) is 34.2 Å². The molecule has 2 heterocycles. The number of benzene rings is 1. The van der Waals surface area contributed by atoms with Gasteiger partial charge in [-0.1, -0.05) is 32.9 Å². The number of aliphatic hydroxyl groups excluding tert-OH is 1. The third kappa shape index (κ3) is 2.82. The van der Waals surface area contributed by atoms with Crippen LogP contribution in [0.5, 0.6) is 0 Å². The van der Waals surface area contributed by atoms with E-state index in [2.05, 4.69) is 4.98 Å². The average Bonchev–Trinajstić information content (AvgIpc) is 2.80. The van der Waals surface area contributed by atoms with Gasteiger partial charge in [0.2, 0.25) is 0 Å². The molecule has 0 bridgehead atoms. The zero-order valence-electron chi connectivity index (χ0n) is 15.0. The molecule has 7 heteroatoms. The molecule has 0 saturated carbocycles. The first-order chi connectivity index (χ1) is 11.6. The van der Waals surface area contributed by atoms with Crippen LogP contribution in [0.15, 0.2) is 23.0 Å². The van der Waals surface area contributed by atoms with Crippen LogP contribution in [-0.4, -0.2) is 49.4 Å². The number of aromatic amines is 1. The minimum absolute atomic E-state index is 0.202. The van der Waals surface area contributed by atoms with Crippen molar-refractivity contribution in [1.29, 1.82) is 0 Å². The van der Waals surface area contributed by atoms with Gasteiger partial charge in [-0.05, 0) is 23.5 Å². The molecule has 1 aliphatic rings. The predicted octanol–water partition coefficient (Wildman–Crippen LogP) is 2.11. The molecule has 3 rings (SSSR count). The number of amides is 1. The summed E-state index contributed by atoms with van der Waals surface area (Å²) in [6.07, 6.45) is -1.34. The maximum absolute atomic E-state index is 12.0. The van der Waals surface area contributed by atoms with Crippen LogP contribution >= 0.6 is 0 Å². The number of hydrogen-bond acceptors (Lipinski definition) is 3. The monoisotopic (exact) mass is 347 g/mol. The van der Waals surface area contributed by atoms with E-state index in [0.29, 0.717) is 13.0 Å². The molecular weight excluding hydrogens is 322 g/mol. The van der Waals surface area contributed by atoms with Gasteiger partial charge in [0.05, 0.1) is 23.2 Å². The Morgan fingerprint density at radius 1 is 1.32 bits per heavy atom. The van der Waals surface area contributed by atoms with Gasteiger partial charge in [0.15, 0.2) is 0 Å². The van der Waals surface area contributed by atoms with E-state index in [1.54, 1.807) is 11.6 Å². The molecule has 136 valence electrons. The highest BCUT2D eigenvalue weighted by Gasteiger charge is 2.46. The lowest BCUT2D eigenvalue weighted by molar-refractivity contribution is -0.0428. The van der Waals surface area contributed by atoms with Gasteiger partial charge in [0.1, 0.15) is 0 Å². The van der Waals surface area contributed by atoms with E-state index in [4.69, 9.17) is 0 Å². The lowest BCUT2D eigenvalue weighted by Crippen LogP contribution is -2.58. The molecule has 1 aromatic heterocycles. The van der Waals surface area contributed by atoms with Gasteiger partial charge in [0, 0.05) is 19.5 Å². The molecule has 7 nitrogen and oxygen atoms in total. The van der Waals surface area contributed by atoms with Crippen molar-refractivity contribution in [3.63, 3.8) is 0 Å². The van der Waals surface area contributed by atoms with Crippen LogP contribution in [-0.2, 0) is 7.05 Å². The highest BCUT2D eigenvalue weighted by atomic mass is 16.4. The number of aromatic nitrogens is 2. The third-order valence-electron chi connectivity index (χ3n) is 5.23. The number of imidazole rings is 1. The normalized spacial score (nSPS) is 24.7. The maximum atomic E-state index is 12.0. The SMILES string of the molecule is Cn1c(=O)[nH]c2cccc(C3CCN(C(=O)O)C(C(C)(C)C)C3O)c21. The number of nitrogens with one attached hydrogen (secondary N) is 1. The molecule has 0 radical (unpaired) electrons. The summed E-state index contributed by atoms with van der Waals surface area (Å²) in [4.78, 5) is 27.8. The molecule has 3 unspecified atom stereocenters. The summed E-state index contributed by atoms with van der Waals surface area (Å²) >= 11 is 0. The van der Waals surface area contributed by atoms with E-state index in [0.717, 1.165) is 16.6 Å². The van der Waals surface area contributed by atoms with Gasteiger partial charge in [-0.25, -0.2) is 9.59 Å². The molecule has 1 saturated heterocycles. The maximum Gasteiger partial charge on any atom is 0.407 e. The Hall–Kier alpha value is -2.28. The van der Waals surface area contributed by atoms with Crippen LogP contribution in [0, 0.1) is 5.41 Å². The van der Waals surface area contributed by atoms with Gasteiger partial charge in [-0.15, -0.1) is 0 Å². The van der Waals surface area contributed by atoms with Crippen molar-refractivity contribution in [2.75, 3.05) is 6.54 Å². The number of hydrogen-bond donors (Lipinski definition) is 3. The third-order valence-corrected chi connectivity index (χ3v) is 5.23. The number of para-hydroxylation sites is 1. The minimum Gasteiger partial charge on any atom is -0.465 e. The van der Waals surface area contributed by atoms with E-state index in [9.17, 15) is 19.8 Å². The molecule has 25 heavy (non-hydrogen) atoms. The van der Waals surface area contributed by atoms with Crippen molar-refractivity contribution in [2.24, 2.45) is 12.5 Å². The fraction of sp³-hybridized carbons (Fsp3) is 0.556. The van der Waals surface area contributed by atoms with Crippen LogP contribution in [0.2, 0.25) is 0 Å². The molecule has 1 fully saturated rings. The standard InChI is InChI=1S/C18H25N3O4/c1-18(2,3)15-14(22)11(8-9-21(15)17(24)25)10-6-5-7-12-13(10)20(4)16(23)19-12/h5-7,11,14-15,22H,8-9H2,1-4H3,(H,19,23)(H,24,25). The molecule has 2 aromatic rings. The second-order valence-corrected chi connectivity index (χ2v) is 7.91. The minimum atomic E-state index is -1.01. The fourth-order valence-corrected chi connectivity index (χ4v) is 4.16. The Balaban J connectivity index is 2.10. The van der Waals surface area contributed by atoms with Gasteiger partial charge in [0.25, 0.3) is 0 Å². The zero-order valence-corrected chi connectivity index (χ0v) is 15.0. The number of piperidine rings is 1. The van der Waals surface area contributed by atoms with Gasteiger partial charge < -0.3 is 20.1 Å². The number of nitrogens with zero attached hydrogens (tertiary/aromatic N) is 2. The Bertz CT molecular complexity index is 861. The van der Waals surface area contributed by atoms with Crippen LogP contribution in [0.25, 0.3) is 11.0 Å². The van der Waals surface area contributed by atoms with E-state index >= 15 is 0 Å². The van der Waals surface area contributed by atoms with Crippen LogP contribution in [0.1, 0.15) is 38.7 Å². The highest BCUT2D eigenvalue weighted by molar-refractivity contribution is 5.79. The quantitative estimate of drug-likeness (QED) is 0.736. The average molecular weight is 347 g/mol. The fourth-order valence-electron chi connectivity index (χ4n) is 4.16. The number of rotatable bonds is 1. The number of H-pyrrole nitrogens is 1. The predicted molar refractivity (Wildman–Crippen MR) is 94.9 cm³/mol. The first-order valence-electron chi connectivity index (χ1n) is 8.48. The largest absolute Gasteiger partial charge is 0.465 e. The second kappa shape index (κ2) is 5.91. The van der Waals surface area contributed by atoms with Gasteiger partial charge >= 0.3 is 11.8 Å². The van der Waals surface area contributed by atoms with E-state index in [1.165, 1.54) is 4.90 Å². The Kier molecular flexibility index (Phi) is 4.15. The van der Waals surface area contributed by atoms with Gasteiger partial charge in [-0.3, -0.25) is 4.57 Å². The lowest BCUT2D eigenvalue weighted by Gasteiger charge is -2.48. The van der Waals surface area contributed by atoms with E-state index < -0.39 is 23.7 Å². The molecule has 1 aromatic carbocycles. The Labute approximate surface area is 145 Å². The van der Waals surface area contributed by atoms with Gasteiger partial charge in [-0.2, -0.15) is 0 Å². The summed E-state index contributed by atoms with van der Waals surface area (Å²) in [5.41, 5.74) is 1.77. The van der Waals surface area contributed by atoms with Crippen molar-refractivity contribution >= 4 is 17.1 Å². The molecule has 0 spiro atoms. The number of likely N-dealkylation sites (tertiary alicyclic amines) is 1. The summed E-state index contributed by atoms with van der Waals surface area (Å²) in [6, 6.07) is 5.09. The summed E-state index contributed by atoms with van der Waals surface area (Å²) in [6.45, 7) is 6.16. The van der Waals surface area contributed by atoms with E-state index in [1.807, 2.05) is 39.0 Å². The summed E-state index contributed by atoms with van der Waals surface area (Å²) in [5, 5.41) is 20.6. The number of fused-ring (bicyclic) bond motifs is 1. The Morgan fingerprint density at radius 2 is 2.00 bits per heavy atom.